The number of nitrogens with zero attached hydrogens (tertiary/aromatic N) is 1. The van der Waals surface area contributed by atoms with E-state index in [0.717, 1.165) is 0 Å². The van der Waals surface area contributed by atoms with Crippen molar-refractivity contribution in [3.63, 3.8) is 0 Å². The van der Waals surface area contributed by atoms with Gasteiger partial charge in [0, 0.05) is 19.4 Å². The van der Waals surface area contributed by atoms with Gasteiger partial charge in [0.15, 0.2) is 5.96 Å². The van der Waals surface area contributed by atoms with E-state index in [1.165, 1.54) is 24.3 Å². The van der Waals surface area contributed by atoms with Gasteiger partial charge in [0.25, 0.3) is 0 Å². The average molecular weight is 566 g/mol. The summed E-state index contributed by atoms with van der Waals surface area (Å²) in [5.74, 6) is -5.35. The number of carboxylic acids is 2. The lowest BCUT2D eigenvalue weighted by Crippen LogP contribution is -2.57. The molecule has 3 amide bonds. The van der Waals surface area contributed by atoms with E-state index in [4.69, 9.17) is 22.3 Å². The number of aliphatic imine (C=N–C) groups is 1. The number of phenolic OH excluding ortho intramolecular Hbond substituents is 1. The first-order chi connectivity index (χ1) is 18.7. The number of amides is 3. The minimum atomic E-state index is -1.43. The number of phenols is 1. The van der Waals surface area contributed by atoms with E-state index in [0.29, 0.717) is 5.56 Å². The summed E-state index contributed by atoms with van der Waals surface area (Å²) in [7, 11) is 0. The van der Waals surface area contributed by atoms with Gasteiger partial charge in [0.2, 0.25) is 17.7 Å². The van der Waals surface area contributed by atoms with Crippen molar-refractivity contribution in [2.24, 2.45) is 28.1 Å². The fourth-order valence-electron chi connectivity index (χ4n) is 3.49. The molecule has 222 valence electrons. The molecule has 1 rings (SSSR count). The number of aliphatic carboxylic acids is 2. The molecule has 1 aromatic carbocycles. The Labute approximate surface area is 231 Å². The van der Waals surface area contributed by atoms with Gasteiger partial charge >= 0.3 is 11.9 Å². The molecule has 4 unspecified atom stereocenters. The summed E-state index contributed by atoms with van der Waals surface area (Å²) in [6.07, 6.45) is -0.665. The third-order valence-electron chi connectivity index (χ3n) is 5.87. The Bertz CT molecular complexity index is 1060. The number of nitrogens with two attached hydrogens (primary N) is 3. The van der Waals surface area contributed by atoms with Gasteiger partial charge in [-0.1, -0.05) is 26.0 Å². The quantitative estimate of drug-likeness (QED) is 0.0587. The van der Waals surface area contributed by atoms with Crippen LogP contribution in [0.15, 0.2) is 29.3 Å². The van der Waals surface area contributed by atoms with Crippen LogP contribution < -0.4 is 33.2 Å². The van der Waals surface area contributed by atoms with Crippen LogP contribution in [0.2, 0.25) is 0 Å². The maximum absolute atomic E-state index is 13.2. The number of guanidine groups is 1. The van der Waals surface area contributed by atoms with Crippen LogP contribution in [0.4, 0.5) is 0 Å². The number of rotatable bonds is 17. The topological polar surface area (TPSA) is 273 Å². The third-order valence-corrected chi connectivity index (χ3v) is 5.87. The highest BCUT2D eigenvalue weighted by molar-refractivity contribution is 5.94. The molecule has 0 saturated heterocycles. The molecule has 4 atom stereocenters. The molecule has 0 radical (unpaired) electrons. The molecule has 12 N–H and O–H groups in total. The van der Waals surface area contributed by atoms with E-state index in [2.05, 4.69) is 20.9 Å². The summed E-state index contributed by atoms with van der Waals surface area (Å²) >= 11 is 0. The molecule has 0 aliphatic carbocycles. The SMILES string of the molecule is CC(C)C(N)C(=O)NC(CCCN=C(N)N)C(=O)NC(CCC(=O)O)C(=O)NC(Cc1ccc(O)cc1)C(=O)O. The standard InChI is InChI=1S/C25H39N7O8/c1-13(2)20(26)23(38)31-16(4-3-11-29-25(27)28)21(36)30-17(9-10-19(34)35)22(37)32-18(24(39)40)12-14-5-7-15(33)8-6-14/h5-8,13,16-18,20,33H,3-4,9-12,26H2,1-2H3,(H,30,36)(H,31,38)(H,32,37)(H,34,35)(H,39,40)(H4,27,28,29). The number of hydrogen-bond donors (Lipinski definition) is 9. The summed E-state index contributed by atoms with van der Waals surface area (Å²) in [6, 6.07) is 0.755. The Morgan fingerprint density at radius 2 is 1.38 bits per heavy atom. The molecule has 0 spiro atoms. The van der Waals surface area contributed by atoms with Gasteiger partial charge in [0.05, 0.1) is 6.04 Å². The van der Waals surface area contributed by atoms with Crippen LogP contribution in [0.1, 0.15) is 45.1 Å². The number of hydrogen-bond acceptors (Lipinski definition) is 8. The van der Waals surface area contributed by atoms with E-state index in [-0.39, 0.29) is 49.9 Å². The fourth-order valence-corrected chi connectivity index (χ4v) is 3.49. The van der Waals surface area contributed by atoms with E-state index in [9.17, 15) is 34.2 Å². The molecule has 0 saturated carbocycles. The maximum Gasteiger partial charge on any atom is 0.326 e. The van der Waals surface area contributed by atoms with Crippen molar-refractivity contribution < 1.29 is 39.3 Å². The first-order valence-corrected chi connectivity index (χ1v) is 12.7. The van der Waals surface area contributed by atoms with Crippen LogP contribution in [-0.4, -0.2) is 81.7 Å². The van der Waals surface area contributed by atoms with Gasteiger partial charge in [0.1, 0.15) is 23.9 Å². The van der Waals surface area contributed by atoms with Crippen molar-refractivity contribution in [2.45, 2.75) is 70.1 Å². The zero-order valence-electron chi connectivity index (χ0n) is 22.5. The second-order valence-electron chi connectivity index (χ2n) is 9.54. The van der Waals surface area contributed by atoms with Gasteiger partial charge in [-0.2, -0.15) is 0 Å². The van der Waals surface area contributed by atoms with Crippen molar-refractivity contribution >= 4 is 35.6 Å². The Hall–Kier alpha value is -4.40. The molecule has 0 aliphatic rings. The van der Waals surface area contributed by atoms with Crippen LogP contribution in [0.3, 0.4) is 0 Å². The lowest BCUT2D eigenvalue weighted by molar-refractivity contribution is -0.143. The third kappa shape index (κ3) is 12.4. The van der Waals surface area contributed by atoms with Crippen LogP contribution in [0.5, 0.6) is 5.75 Å². The maximum atomic E-state index is 13.2. The largest absolute Gasteiger partial charge is 0.508 e. The lowest BCUT2D eigenvalue weighted by Gasteiger charge is -2.25. The number of benzene rings is 1. The molecule has 0 fully saturated rings. The molecule has 40 heavy (non-hydrogen) atoms. The molecule has 0 bridgehead atoms. The number of aromatic hydroxyl groups is 1. The van der Waals surface area contributed by atoms with Gasteiger partial charge in [-0.15, -0.1) is 0 Å². The zero-order chi connectivity index (χ0) is 30.4. The second kappa shape index (κ2) is 16.5. The second-order valence-corrected chi connectivity index (χ2v) is 9.54. The summed E-state index contributed by atoms with van der Waals surface area (Å²) in [5.41, 5.74) is 17.0. The number of carbonyl (C=O) groups excluding carboxylic acids is 3. The van der Waals surface area contributed by atoms with Crippen molar-refractivity contribution in [1.82, 2.24) is 16.0 Å². The van der Waals surface area contributed by atoms with Gasteiger partial charge in [-0.3, -0.25) is 24.2 Å². The van der Waals surface area contributed by atoms with Crippen LogP contribution in [0.25, 0.3) is 0 Å². The molecule has 0 heterocycles. The Balaban J connectivity index is 3.09. The van der Waals surface area contributed by atoms with Crippen LogP contribution >= 0.6 is 0 Å². The minimum Gasteiger partial charge on any atom is -0.508 e. The van der Waals surface area contributed by atoms with Gasteiger partial charge in [-0.25, -0.2) is 4.79 Å². The Morgan fingerprint density at radius 3 is 1.88 bits per heavy atom. The molecule has 15 heteroatoms. The van der Waals surface area contributed by atoms with E-state index >= 15 is 0 Å². The van der Waals surface area contributed by atoms with Crippen LogP contribution in [0, 0.1) is 5.92 Å². The molecule has 0 aliphatic heterocycles. The highest BCUT2D eigenvalue weighted by atomic mass is 16.4. The fraction of sp³-hybridized carbons (Fsp3) is 0.520. The minimum absolute atomic E-state index is 0.0228. The van der Waals surface area contributed by atoms with Gasteiger partial charge < -0.3 is 48.5 Å². The van der Waals surface area contributed by atoms with E-state index in [1.807, 2.05) is 0 Å². The molecule has 15 nitrogen and oxygen atoms in total. The van der Waals surface area contributed by atoms with E-state index < -0.39 is 60.2 Å². The molecular weight excluding hydrogens is 526 g/mol. The van der Waals surface area contributed by atoms with Crippen molar-refractivity contribution in [2.75, 3.05) is 6.54 Å². The highest BCUT2D eigenvalue weighted by Crippen LogP contribution is 2.12. The van der Waals surface area contributed by atoms with Crippen LogP contribution in [-0.2, 0) is 30.4 Å². The van der Waals surface area contributed by atoms with Crippen molar-refractivity contribution in [3.8, 4) is 5.75 Å². The summed E-state index contributed by atoms with van der Waals surface area (Å²) < 4.78 is 0. The lowest BCUT2D eigenvalue weighted by atomic mass is 10.0. The highest BCUT2D eigenvalue weighted by Gasteiger charge is 2.31. The Kier molecular flexibility index (Phi) is 13.9. The number of carbonyl (C=O) groups is 5. The van der Waals surface area contributed by atoms with E-state index in [1.54, 1.807) is 13.8 Å². The molecule has 1 aromatic rings. The summed E-state index contributed by atoms with van der Waals surface area (Å²) in [6.45, 7) is 3.60. The first-order valence-electron chi connectivity index (χ1n) is 12.7. The average Bonchev–Trinajstić information content (AvgIpc) is 2.87. The molecular formula is C25H39N7O8. The first kappa shape index (κ1) is 33.6. The van der Waals surface area contributed by atoms with Gasteiger partial charge in [-0.05, 0) is 42.9 Å². The summed E-state index contributed by atoms with van der Waals surface area (Å²) in [5, 5.41) is 35.5. The normalized spacial score (nSPS) is 13.8. The number of carboxylic acid groups (broad SMARTS) is 2. The monoisotopic (exact) mass is 565 g/mol. The van der Waals surface area contributed by atoms with Crippen molar-refractivity contribution in [1.29, 1.82) is 0 Å². The summed E-state index contributed by atoms with van der Waals surface area (Å²) in [4.78, 5) is 65.7. The Morgan fingerprint density at radius 1 is 0.850 bits per heavy atom. The predicted octanol–water partition coefficient (Wildman–Crippen LogP) is -1.62. The zero-order valence-corrected chi connectivity index (χ0v) is 22.5. The smallest absolute Gasteiger partial charge is 0.326 e. The number of nitrogens with one attached hydrogen (secondary N) is 3. The predicted molar refractivity (Wildman–Crippen MR) is 145 cm³/mol. The molecule has 0 aromatic heterocycles. The van der Waals surface area contributed by atoms with Crippen molar-refractivity contribution in [3.05, 3.63) is 29.8 Å².